The van der Waals surface area contributed by atoms with Crippen LogP contribution in [0.25, 0.3) is 0 Å². The van der Waals surface area contributed by atoms with E-state index in [1.54, 1.807) is 6.08 Å². The van der Waals surface area contributed by atoms with E-state index in [0.29, 0.717) is 0 Å². The van der Waals surface area contributed by atoms with Crippen LogP contribution in [-0.4, -0.2) is 26.2 Å². The van der Waals surface area contributed by atoms with Crippen LogP contribution in [-0.2, 0) is 9.53 Å². The minimum absolute atomic E-state index is 0.230. The third-order valence-electron chi connectivity index (χ3n) is 2.00. The quantitative estimate of drug-likeness (QED) is 0.467. The van der Waals surface area contributed by atoms with Gasteiger partial charge in [-0.3, -0.25) is 0 Å². The molecule has 1 saturated heterocycles. The van der Waals surface area contributed by atoms with Crippen molar-refractivity contribution in [1.29, 1.82) is 0 Å². The second-order valence-corrected chi connectivity index (χ2v) is 2.93. The normalized spacial score (nSPS) is 21.9. The van der Waals surface area contributed by atoms with E-state index in [1.165, 1.54) is 12.7 Å². The Morgan fingerprint density at radius 1 is 1.50 bits per heavy atom. The maximum atomic E-state index is 10.9. The van der Waals surface area contributed by atoms with Gasteiger partial charge in [0.15, 0.2) is 0 Å². The van der Waals surface area contributed by atoms with Gasteiger partial charge in [-0.05, 0) is 32.4 Å². The number of nitrogens with one attached hydrogen (secondary N) is 1. The van der Waals surface area contributed by atoms with Crippen molar-refractivity contribution in [3.63, 3.8) is 0 Å². The summed E-state index contributed by atoms with van der Waals surface area (Å²) in [5.41, 5.74) is 1.20. The topological polar surface area (TPSA) is 38.3 Å². The fourth-order valence-electron chi connectivity index (χ4n) is 1.31. The van der Waals surface area contributed by atoms with Crippen LogP contribution in [0.5, 0.6) is 0 Å². The van der Waals surface area contributed by atoms with Gasteiger partial charge in [-0.2, -0.15) is 0 Å². The molecule has 0 saturated carbocycles. The van der Waals surface area contributed by atoms with Crippen LogP contribution in [0.3, 0.4) is 0 Å². The summed E-state index contributed by atoms with van der Waals surface area (Å²) >= 11 is 0. The van der Waals surface area contributed by atoms with E-state index in [4.69, 9.17) is 0 Å². The first kappa shape index (κ1) is 9.26. The van der Waals surface area contributed by atoms with Gasteiger partial charge in [0, 0.05) is 6.08 Å². The van der Waals surface area contributed by atoms with E-state index in [9.17, 15) is 4.79 Å². The van der Waals surface area contributed by atoms with Gasteiger partial charge in [-0.15, -0.1) is 0 Å². The molecular formula is C9H15NO2. The van der Waals surface area contributed by atoms with Gasteiger partial charge >= 0.3 is 5.97 Å². The zero-order valence-corrected chi connectivity index (χ0v) is 7.43. The summed E-state index contributed by atoms with van der Waals surface area (Å²) in [6.07, 6.45) is 4.72. The predicted molar refractivity (Wildman–Crippen MR) is 46.8 cm³/mol. The Morgan fingerprint density at radius 2 is 2.33 bits per heavy atom. The molecule has 0 spiro atoms. The standard InChI is InChI=1S/C9H15NO2/c1-12-9(11)7-8-3-2-5-10-6-4-8/h7,10H,2-6H2,1H3/b8-7+. The van der Waals surface area contributed by atoms with Crippen LogP contribution in [0.15, 0.2) is 11.6 Å². The van der Waals surface area contributed by atoms with Crippen LogP contribution in [0, 0.1) is 0 Å². The summed E-state index contributed by atoms with van der Waals surface area (Å²) in [7, 11) is 1.41. The molecule has 0 aromatic rings. The lowest BCUT2D eigenvalue weighted by atomic mass is 10.1. The monoisotopic (exact) mass is 169 g/mol. The Hall–Kier alpha value is -0.830. The average Bonchev–Trinajstić information content (AvgIpc) is 2.33. The van der Waals surface area contributed by atoms with Gasteiger partial charge in [0.25, 0.3) is 0 Å². The molecule has 1 rings (SSSR count). The van der Waals surface area contributed by atoms with Crippen molar-refractivity contribution in [1.82, 2.24) is 5.32 Å². The first-order valence-electron chi connectivity index (χ1n) is 4.31. The van der Waals surface area contributed by atoms with E-state index in [0.717, 1.165) is 32.4 Å². The Balaban J connectivity index is 2.47. The first-order chi connectivity index (χ1) is 5.83. The molecule has 1 aliphatic rings. The minimum Gasteiger partial charge on any atom is -0.466 e. The van der Waals surface area contributed by atoms with Crippen molar-refractivity contribution in [3.05, 3.63) is 11.6 Å². The van der Waals surface area contributed by atoms with Gasteiger partial charge in [-0.1, -0.05) is 5.57 Å². The van der Waals surface area contributed by atoms with Crippen LogP contribution in [0.4, 0.5) is 0 Å². The summed E-state index contributed by atoms with van der Waals surface area (Å²) in [6.45, 7) is 2.03. The molecule has 1 fully saturated rings. The molecule has 0 atom stereocenters. The second-order valence-electron chi connectivity index (χ2n) is 2.93. The summed E-state index contributed by atoms with van der Waals surface area (Å²) in [5.74, 6) is -0.230. The van der Waals surface area contributed by atoms with Gasteiger partial charge in [-0.25, -0.2) is 4.79 Å². The maximum absolute atomic E-state index is 10.9. The molecule has 0 aromatic heterocycles. The number of ether oxygens (including phenoxy) is 1. The zero-order valence-electron chi connectivity index (χ0n) is 7.43. The molecule has 68 valence electrons. The Bertz CT molecular complexity index is 177. The smallest absolute Gasteiger partial charge is 0.330 e. The maximum Gasteiger partial charge on any atom is 0.330 e. The highest BCUT2D eigenvalue weighted by Crippen LogP contribution is 2.11. The number of methoxy groups -OCH3 is 1. The molecule has 3 nitrogen and oxygen atoms in total. The lowest BCUT2D eigenvalue weighted by molar-refractivity contribution is -0.134. The molecule has 3 heteroatoms. The van der Waals surface area contributed by atoms with Crippen molar-refractivity contribution < 1.29 is 9.53 Å². The second kappa shape index (κ2) is 4.93. The van der Waals surface area contributed by atoms with Gasteiger partial charge < -0.3 is 10.1 Å². The molecular weight excluding hydrogens is 154 g/mol. The third kappa shape index (κ3) is 3.05. The molecule has 0 radical (unpaired) electrons. The molecule has 0 amide bonds. The summed E-state index contributed by atoms with van der Waals surface area (Å²) in [4.78, 5) is 10.9. The minimum atomic E-state index is -0.230. The number of rotatable bonds is 1. The molecule has 0 unspecified atom stereocenters. The Labute approximate surface area is 72.8 Å². The molecule has 1 heterocycles. The lowest BCUT2D eigenvalue weighted by Crippen LogP contribution is -2.13. The predicted octanol–water partition coefficient (Wildman–Crippen LogP) is 0.859. The fraction of sp³-hybridized carbons (Fsp3) is 0.667. The fourth-order valence-corrected chi connectivity index (χ4v) is 1.31. The first-order valence-corrected chi connectivity index (χ1v) is 4.31. The SMILES string of the molecule is COC(=O)/C=C1\CCCNCC1. The highest BCUT2D eigenvalue weighted by Gasteiger charge is 2.05. The molecule has 0 bridgehead atoms. The molecule has 1 aliphatic heterocycles. The van der Waals surface area contributed by atoms with Gasteiger partial charge in [0.1, 0.15) is 0 Å². The molecule has 12 heavy (non-hydrogen) atoms. The van der Waals surface area contributed by atoms with Crippen molar-refractivity contribution in [3.8, 4) is 0 Å². The van der Waals surface area contributed by atoms with Crippen molar-refractivity contribution in [2.45, 2.75) is 19.3 Å². The van der Waals surface area contributed by atoms with E-state index >= 15 is 0 Å². The largest absolute Gasteiger partial charge is 0.466 e. The lowest BCUT2D eigenvalue weighted by Gasteiger charge is -2.00. The van der Waals surface area contributed by atoms with Crippen molar-refractivity contribution in [2.75, 3.05) is 20.2 Å². The van der Waals surface area contributed by atoms with E-state index in [-0.39, 0.29) is 5.97 Å². The van der Waals surface area contributed by atoms with Crippen molar-refractivity contribution in [2.24, 2.45) is 0 Å². The van der Waals surface area contributed by atoms with Crippen LogP contribution >= 0.6 is 0 Å². The highest BCUT2D eigenvalue weighted by atomic mass is 16.5. The molecule has 0 aromatic carbocycles. The van der Waals surface area contributed by atoms with Gasteiger partial charge in [0.2, 0.25) is 0 Å². The summed E-state index contributed by atoms with van der Waals surface area (Å²) < 4.78 is 4.56. The summed E-state index contributed by atoms with van der Waals surface area (Å²) in [6, 6.07) is 0. The highest BCUT2D eigenvalue weighted by molar-refractivity contribution is 5.82. The number of esters is 1. The van der Waals surface area contributed by atoms with E-state index < -0.39 is 0 Å². The van der Waals surface area contributed by atoms with Crippen LogP contribution in [0.2, 0.25) is 0 Å². The summed E-state index contributed by atoms with van der Waals surface area (Å²) in [5, 5.41) is 3.28. The average molecular weight is 169 g/mol. The van der Waals surface area contributed by atoms with Gasteiger partial charge in [0.05, 0.1) is 7.11 Å². The Kier molecular flexibility index (Phi) is 3.80. The van der Waals surface area contributed by atoms with Crippen molar-refractivity contribution >= 4 is 5.97 Å². The third-order valence-corrected chi connectivity index (χ3v) is 2.00. The van der Waals surface area contributed by atoms with Crippen LogP contribution in [0.1, 0.15) is 19.3 Å². The van der Waals surface area contributed by atoms with E-state index in [2.05, 4.69) is 10.1 Å². The zero-order chi connectivity index (χ0) is 8.81. The molecule has 0 aliphatic carbocycles. The van der Waals surface area contributed by atoms with Crippen LogP contribution < -0.4 is 5.32 Å². The molecule has 1 N–H and O–H groups in total. The Morgan fingerprint density at radius 3 is 3.08 bits per heavy atom. The number of hydrogen-bond donors (Lipinski definition) is 1. The number of carbonyl (C=O) groups is 1. The number of carbonyl (C=O) groups excluding carboxylic acids is 1. The van der Waals surface area contributed by atoms with E-state index in [1.807, 2.05) is 0 Å². The number of hydrogen-bond acceptors (Lipinski definition) is 3.